The predicted molar refractivity (Wildman–Crippen MR) is 150 cm³/mol. The number of aromatic nitrogens is 2. The smallest absolute Gasteiger partial charge is 0.223 e. The molecule has 0 amide bonds. The first-order chi connectivity index (χ1) is 17.3. The minimum absolute atomic E-state index is 0.869. The van der Waals surface area contributed by atoms with Gasteiger partial charge in [0.05, 0.1) is 6.42 Å². The Bertz CT molecular complexity index is 1530. The van der Waals surface area contributed by atoms with E-state index in [4.69, 9.17) is 0 Å². The molecule has 0 unspecified atom stereocenters. The standard InChI is InChI=1S/C32H28BrN2/c33-19-7-14-32-34(22-24-15-17-26-8-1-3-10-28(26)20-24)30-12-5-6-13-31(30)35(32)23-25-16-18-27-9-2-4-11-29(27)21-25/h1-6,8-13,15-18,20-21H,7,14,19,22-23H2/q+1. The Hall–Kier alpha value is -3.43. The lowest BCUT2D eigenvalue weighted by atomic mass is 10.1. The van der Waals surface area contributed by atoms with Crippen LogP contribution < -0.4 is 4.57 Å². The minimum Gasteiger partial charge on any atom is -0.223 e. The van der Waals surface area contributed by atoms with Crippen molar-refractivity contribution in [2.24, 2.45) is 0 Å². The van der Waals surface area contributed by atoms with Crippen LogP contribution in [0.2, 0.25) is 0 Å². The molecule has 1 aromatic heterocycles. The summed E-state index contributed by atoms with van der Waals surface area (Å²) in [5.74, 6) is 1.38. The van der Waals surface area contributed by atoms with Gasteiger partial charge >= 0.3 is 0 Å². The van der Waals surface area contributed by atoms with E-state index >= 15 is 0 Å². The van der Waals surface area contributed by atoms with Crippen molar-refractivity contribution in [3.8, 4) is 0 Å². The van der Waals surface area contributed by atoms with Crippen molar-refractivity contribution in [1.29, 1.82) is 0 Å². The SMILES string of the molecule is BrCCCc1n(Cc2ccc3ccccc3c2)c2ccccc2[n+]1Cc1ccc2ccccc2c1. The monoisotopic (exact) mass is 519 g/mol. The number of rotatable bonds is 7. The summed E-state index contributed by atoms with van der Waals surface area (Å²) in [5, 5.41) is 6.18. The Balaban J connectivity index is 1.46. The number of nitrogens with zero attached hydrogens (tertiary/aromatic N) is 2. The summed E-state index contributed by atoms with van der Waals surface area (Å²) in [4.78, 5) is 0. The Kier molecular flexibility index (Phi) is 6.10. The molecule has 0 radical (unpaired) electrons. The largest absolute Gasteiger partial charge is 0.257 e. The molecule has 1 heterocycles. The molecule has 0 aliphatic carbocycles. The molecule has 0 saturated carbocycles. The average Bonchev–Trinajstić information content (AvgIpc) is 3.19. The number of para-hydroxylation sites is 2. The van der Waals surface area contributed by atoms with Crippen LogP contribution in [0, 0.1) is 0 Å². The molecule has 0 fully saturated rings. The first-order valence-electron chi connectivity index (χ1n) is 12.3. The molecule has 0 bridgehead atoms. The van der Waals surface area contributed by atoms with E-state index in [1.807, 2.05) is 0 Å². The zero-order valence-electron chi connectivity index (χ0n) is 19.7. The quantitative estimate of drug-likeness (QED) is 0.151. The maximum Gasteiger partial charge on any atom is 0.257 e. The van der Waals surface area contributed by atoms with E-state index in [2.05, 4.69) is 134 Å². The number of hydrogen-bond donors (Lipinski definition) is 0. The third kappa shape index (κ3) is 4.37. The number of halogens is 1. The highest BCUT2D eigenvalue weighted by molar-refractivity contribution is 9.09. The molecule has 0 saturated heterocycles. The van der Waals surface area contributed by atoms with Crippen molar-refractivity contribution >= 4 is 48.5 Å². The van der Waals surface area contributed by atoms with Crippen LogP contribution in [-0.4, -0.2) is 9.90 Å². The molecule has 2 nitrogen and oxygen atoms in total. The van der Waals surface area contributed by atoms with Crippen LogP contribution in [0.4, 0.5) is 0 Å². The number of fused-ring (bicyclic) bond motifs is 3. The molecular weight excluding hydrogens is 492 g/mol. The Morgan fingerprint density at radius 1 is 0.629 bits per heavy atom. The Morgan fingerprint density at radius 3 is 1.94 bits per heavy atom. The van der Waals surface area contributed by atoms with Crippen LogP contribution in [0.3, 0.4) is 0 Å². The van der Waals surface area contributed by atoms with Crippen LogP contribution in [0.25, 0.3) is 32.6 Å². The molecule has 6 aromatic rings. The molecule has 5 aromatic carbocycles. The fraction of sp³-hybridized carbons (Fsp3) is 0.156. The highest BCUT2D eigenvalue weighted by atomic mass is 79.9. The van der Waals surface area contributed by atoms with Gasteiger partial charge in [0.2, 0.25) is 0 Å². The summed E-state index contributed by atoms with van der Waals surface area (Å²) in [7, 11) is 0. The zero-order valence-corrected chi connectivity index (χ0v) is 21.3. The topological polar surface area (TPSA) is 8.81 Å². The summed E-state index contributed by atoms with van der Waals surface area (Å²) in [6.07, 6.45) is 2.13. The molecule has 6 rings (SSSR count). The maximum absolute atomic E-state index is 3.67. The Morgan fingerprint density at radius 2 is 1.23 bits per heavy atom. The molecule has 0 aliphatic rings. The number of benzene rings is 5. The third-order valence-corrected chi connectivity index (χ3v) is 7.49. The number of imidazole rings is 1. The van der Waals surface area contributed by atoms with Crippen LogP contribution in [0.5, 0.6) is 0 Å². The van der Waals surface area contributed by atoms with E-state index in [-0.39, 0.29) is 0 Å². The van der Waals surface area contributed by atoms with Crippen LogP contribution in [0.1, 0.15) is 23.4 Å². The summed E-state index contributed by atoms with van der Waals surface area (Å²) in [6.45, 7) is 1.74. The Labute approximate surface area is 214 Å². The van der Waals surface area contributed by atoms with Gasteiger partial charge in [-0.15, -0.1) is 0 Å². The number of hydrogen-bond acceptors (Lipinski definition) is 0. The molecule has 0 aliphatic heterocycles. The van der Waals surface area contributed by atoms with Gasteiger partial charge in [0.25, 0.3) is 5.82 Å². The molecular formula is C32H28BrN2+. The van der Waals surface area contributed by atoms with Gasteiger partial charge in [0, 0.05) is 5.33 Å². The molecule has 3 heteroatoms. The predicted octanol–water partition coefficient (Wildman–Crippen LogP) is 7.66. The fourth-order valence-corrected chi connectivity index (χ4v) is 5.51. The minimum atomic E-state index is 0.869. The molecule has 0 N–H and O–H groups in total. The highest BCUT2D eigenvalue weighted by Crippen LogP contribution is 2.22. The zero-order chi connectivity index (χ0) is 23.6. The van der Waals surface area contributed by atoms with Gasteiger partial charge in [-0.3, -0.25) is 0 Å². The highest BCUT2D eigenvalue weighted by Gasteiger charge is 2.25. The molecule has 0 spiro atoms. The van der Waals surface area contributed by atoms with Crippen LogP contribution >= 0.6 is 15.9 Å². The fourth-order valence-electron chi connectivity index (χ4n) is 5.23. The maximum atomic E-state index is 3.67. The lowest BCUT2D eigenvalue weighted by Crippen LogP contribution is -2.39. The van der Waals surface area contributed by atoms with E-state index in [0.717, 1.165) is 31.3 Å². The second-order valence-electron chi connectivity index (χ2n) is 9.23. The van der Waals surface area contributed by atoms with Crippen molar-refractivity contribution in [3.05, 3.63) is 126 Å². The van der Waals surface area contributed by atoms with Crippen molar-refractivity contribution in [2.45, 2.75) is 25.9 Å². The van der Waals surface area contributed by atoms with E-state index in [1.165, 1.54) is 49.5 Å². The van der Waals surface area contributed by atoms with E-state index in [0.29, 0.717) is 0 Å². The molecule has 35 heavy (non-hydrogen) atoms. The van der Waals surface area contributed by atoms with Gasteiger partial charge in [-0.25, -0.2) is 9.13 Å². The summed E-state index contributed by atoms with van der Waals surface area (Å²) in [5.41, 5.74) is 5.27. The van der Waals surface area contributed by atoms with Crippen molar-refractivity contribution in [1.82, 2.24) is 4.57 Å². The van der Waals surface area contributed by atoms with Crippen LogP contribution in [-0.2, 0) is 19.5 Å². The normalized spacial score (nSPS) is 11.6. The second kappa shape index (κ2) is 9.67. The van der Waals surface area contributed by atoms with Gasteiger partial charge in [-0.05, 0) is 63.4 Å². The van der Waals surface area contributed by atoms with Crippen molar-refractivity contribution in [2.75, 3.05) is 5.33 Å². The van der Waals surface area contributed by atoms with Gasteiger partial charge < -0.3 is 0 Å². The second-order valence-corrected chi connectivity index (χ2v) is 10.0. The van der Waals surface area contributed by atoms with Gasteiger partial charge in [-0.2, -0.15) is 0 Å². The summed E-state index contributed by atoms with van der Waals surface area (Å²) < 4.78 is 5.06. The molecule has 172 valence electrons. The van der Waals surface area contributed by atoms with Crippen molar-refractivity contribution in [3.63, 3.8) is 0 Å². The van der Waals surface area contributed by atoms with Gasteiger partial charge in [0.1, 0.15) is 13.1 Å². The van der Waals surface area contributed by atoms with E-state index < -0.39 is 0 Å². The summed E-state index contributed by atoms with van der Waals surface area (Å²) in [6, 6.07) is 39.8. The van der Waals surface area contributed by atoms with E-state index in [9.17, 15) is 0 Å². The average molecular weight is 520 g/mol. The first-order valence-corrected chi connectivity index (χ1v) is 13.4. The van der Waals surface area contributed by atoms with Crippen LogP contribution in [0.15, 0.2) is 109 Å². The number of alkyl halides is 1. The lowest BCUT2D eigenvalue weighted by molar-refractivity contribution is -0.671. The van der Waals surface area contributed by atoms with Gasteiger partial charge in [0.15, 0.2) is 11.0 Å². The third-order valence-electron chi connectivity index (χ3n) is 6.93. The lowest BCUT2D eigenvalue weighted by Gasteiger charge is -2.08. The first kappa shape index (κ1) is 22.1. The summed E-state index contributed by atoms with van der Waals surface area (Å²) >= 11 is 3.67. The van der Waals surface area contributed by atoms with Crippen molar-refractivity contribution < 1.29 is 4.57 Å². The van der Waals surface area contributed by atoms with Gasteiger partial charge in [-0.1, -0.05) is 101 Å². The van der Waals surface area contributed by atoms with E-state index in [1.54, 1.807) is 0 Å². The molecule has 0 atom stereocenters.